The molecule has 0 spiro atoms. The molecule has 0 aliphatic heterocycles. The average molecular weight is 399 g/mol. The van der Waals surface area contributed by atoms with E-state index in [9.17, 15) is 19.5 Å². The lowest BCUT2D eigenvalue weighted by Crippen LogP contribution is -2.33. The summed E-state index contributed by atoms with van der Waals surface area (Å²) >= 11 is 0.965. The minimum atomic E-state index is -1.09. The molecule has 0 radical (unpaired) electrons. The smallest absolute Gasteiger partial charge is 0.346 e. The van der Waals surface area contributed by atoms with Crippen LogP contribution < -0.4 is 10.9 Å². The summed E-state index contributed by atoms with van der Waals surface area (Å²) in [6, 6.07) is 4.98. The number of para-hydroxylation sites is 1. The Morgan fingerprint density at radius 2 is 1.89 bits per heavy atom. The molecule has 0 bridgehead atoms. The van der Waals surface area contributed by atoms with Gasteiger partial charge >= 0.3 is 5.97 Å². The van der Waals surface area contributed by atoms with Crippen LogP contribution >= 0.6 is 11.3 Å². The number of carbonyl (C=O) groups excluding carboxylic acids is 1. The van der Waals surface area contributed by atoms with Crippen molar-refractivity contribution in [3.8, 4) is 0 Å². The fraction of sp³-hybridized carbons (Fsp3) is 0.300. The number of thiophene rings is 1. The number of fused-ring (bicyclic) bond motifs is 1. The van der Waals surface area contributed by atoms with E-state index >= 15 is 0 Å². The van der Waals surface area contributed by atoms with Gasteiger partial charge in [0.15, 0.2) is 0 Å². The summed E-state index contributed by atoms with van der Waals surface area (Å²) in [5.41, 5.74) is 2.57. The number of aromatic nitrogens is 2. The molecule has 2 heterocycles. The van der Waals surface area contributed by atoms with Crippen molar-refractivity contribution in [3.63, 3.8) is 0 Å². The fourth-order valence-electron chi connectivity index (χ4n) is 3.29. The van der Waals surface area contributed by atoms with E-state index in [0.717, 1.165) is 28.2 Å². The lowest BCUT2D eigenvalue weighted by Gasteiger charge is -2.19. The van der Waals surface area contributed by atoms with Crippen LogP contribution in [0.25, 0.3) is 10.2 Å². The Bertz CT molecular complexity index is 1130. The van der Waals surface area contributed by atoms with Crippen LogP contribution in [-0.2, 0) is 4.79 Å². The lowest BCUT2D eigenvalue weighted by molar-refractivity contribution is -0.119. The molecule has 0 saturated heterocycles. The molecule has 28 heavy (non-hydrogen) atoms. The third-order valence-electron chi connectivity index (χ3n) is 4.82. The Morgan fingerprint density at radius 1 is 1.25 bits per heavy atom. The number of hydrogen-bond acceptors (Lipinski definition) is 5. The number of nitrogens with zero attached hydrogens (tertiary/aromatic N) is 2. The van der Waals surface area contributed by atoms with E-state index in [-0.39, 0.29) is 16.2 Å². The second kappa shape index (κ2) is 7.55. The molecule has 7 nitrogen and oxygen atoms in total. The number of anilines is 1. The van der Waals surface area contributed by atoms with Crippen molar-refractivity contribution in [3.05, 3.63) is 56.4 Å². The highest BCUT2D eigenvalue weighted by molar-refractivity contribution is 7.20. The second-order valence-electron chi connectivity index (χ2n) is 6.68. The number of benzene rings is 1. The van der Waals surface area contributed by atoms with Crippen molar-refractivity contribution in [1.82, 2.24) is 9.55 Å². The van der Waals surface area contributed by atoms with Crippen LogP contribution in [0.4, 0.5) is 5.69 Å². The van der Waals surface area contributed by atoms with Gasteiger partial charge in [0.2, 0.25) is 5.91 Å². The lowest BCUT2D eigenvalue weighted by atomic mass is 10.1. The standard InChI is InChI=1S/C20H21N3O4S/c1-5-13(17(24)22-15-10(2)7-6-8-11(15)3)23-9-21-18-14(19(23)25)12(4)16(28-18)20(26)27/h6-9,13H,5H2,1-4H3,(H,22,24)(H,26,27). The highest BCUT2D eigenvalue weighted by atomic mass is 32.1. The molecule has 146 valence electrons. The summed E-state index contributed by atoms with van der Waals surface area (Å²) < 4.78 is 1.29. The first-order valence-corrected chi connectivity index (χ1v) is 9.68. The first-order valence-electron chi connectivity index (χ1n) is 8.86. The van der Waals surface area contributed by atoms with Gasteiger partial charge in [-0.05, 0) is 43.9 Å². The van der Waals surface area contributed by atoms with Crippen LogP contribution in [0.15, 0.2) is 29.3 Å². The first kappa shape index (κ1) is 19.8. The molecule has 8 heteroatoms. The average Bonchev–Trinajstić information content (AvgIpc) is 2.98. The van der Waals surface area contributed by atoms with E-state index in [1.54, 1.807) is 6.92 Å². The SMILES string of the molecule is CCC(C(=O)Nc1c(C)cccc1C)n1cnc2sc(C(=O)O)c(C)c2c1=O. The molecule has 3 aromatic rings. The third-order valence-corrected chi connectivity index (χ3v) is 6.01. The molecule has 0 fully saturated rings. The molecule has 1 amide bonds. The molecule has 1 atom stereocenters. The van der Waals surface area contributed by atoms with Crippen molar-refractivity contribution in [1.29, 1.82) is 0 Å². The molecule has 0 aliphatic carbocycles. The zero-order chi connectivity index (χ0) is 20.6. The third kappa shape index (κ3) is 3.31. The minimum Gasteiger partial charge on any atom is -0.477 e. The number of amides is 1. The van der Waals surface area contributed by atoms with E-state index in [1.807, 2.05) is 39.0 Å². The molecule has 1 aromatic carbocycles. The van der Waals surface area contributed by atoms with Gasteiger partial charge in [0.05, 0.1) is 11.7 Å². The fourth-order valence-corrected chi connectivity index (χ4v) is 4.27. The maximum atomic E-state index is 13.0. The number of aryl methyl sites for hydroxylation is 3. The Morgan fingerprint density at radius 3 is 2.46 bits per heavy atom. The number of nitrogens with one attached hydrogen (secondary N) is 1. The number of aromatic carboxylic acids is 1. The van der Waals surface area contributed by atoms with Gasteiger partial charge in [-0.3, -0.25) is 14.2 Å². The summed E-state index contributed by atoms with van der Waals surface area (Å²) in [5, 5.41) is 12.5. The molecular weight excluding hydrogens is 378 g/mol. The van der Waals surface area contributed by atoms with Gasteiger partial charge in [-0.15, -0.1) is 11.3 Å². The molecular formula is C20H21N3O4S. The topological polar surface area (TPSA) is 101 Å². The van der Waals surface area contributed by atoms with E-state index in [0.29, 0.717) is 16.8 Å². The Labute approximate surface area is 165 Å². The van der Waals surface area contributed by atoms with E-state index in [1.165, 1.54) is 10.9 Å². The molecule has 1 unspecified atom stereocenters. The van der Waals surface area contributed by atoms with Crippen molar-refractivity contribution < 1.29 is 14.7 Å². The van der Waals surface area contributed by atoms with Gasteiger partial charge < -0.3 is 10.4 Å². The van der Waals surface area contributed by atoms with Gasteiger partial charge in [-0.2, -0.15) is 0 Å². The van der Waals surface area contributed by atoms with Crippen molar-refractivity contribution in [2.45, 2.75) is 40.2 Å². The van der Waals surface area contributed by atoms with Crippen molar-refractivity contribution in [2.24, 2.45) is 0 Å². The quantitative estimate of drug-likeness (QED) is 0.682. The van der Waals surface area contributed by atoms with Crippen LogP contribution in [0.2, 0.25) is 0 Å². The highest BCUT2D eigenvalue weighted by Gasteiger charge is 2.25. The Hall–Kier alpha value is -3.00. The normalized spacial score (nSPS) is 12.1. The highest BCUT2D eigenvalue weighted by Crippen LogP contribution is 2.27. The molecule has 2 aromatic heterocycles. The van der Waals surface area contributed by atoms with Crippen LogP contribution in [-0.4, -0.2) is 26.5 Å². The predicted molar refractivity (Wildman–Crippen MR) is 109 cm³/mol. The van der Waals surface area contributed by atoms with Crippen LogP contribution in [0, 0.1) is 20.8 Å². The summed E-state index contributed by atoms with van der Waals surface area (Å²) in [5.74, 6) is -1.40. The van der Waals surface area contributed by atoms with Crippen LogP contribution in [0.5, 0.6) is 0 Å². The maximum Gasteiger partial charge on any atom is 0.346 e. The first-order chi connectivity index (χ1) is 13.3. The molecule has 0 saturated carbocycles. The molecule has 2 N–H and O–H groups in total. The summed E-state index contributed by atoms with van der Waals surface area (Å²) in [7, 11) is 0. The Kier molecular flexibility index (Phi) is 5.33. The van der Waals surface area contributed by atoms with Crippen molar-refractivity contribution in [2.75, 3.05) is 5.32 Å². The summed E-state index contributed by atoms with van der Waals surface area (Å²) in [6.07, 6.45) is 1.71. The predicted octanol–water partition coefficient (Wildman–Crippen LogP) is 3.67. The van der Waals surface area contributed by atoms with Gasteiger partial charge in [0.25, 0.3) is 5.56 Å². The number of hydrogen-bond donors (Lipinski definition) is 2. The minimum absolute atomic E-state index is 0.0883. The zero-order valence-corrected chi connectivity index (χ0v) is 16.9. The van der Waals surface area contributed by atoms with Gasteiger partial charge in [-0.1, -0.05) is 25.1 Å². The molecule has 3 rings (SSSR count). The van der Waals surface area contributed by atoms with Gasteiger partial charge in [0, 0.05) is 5.69 Å². The van der Waals surface area contributed by atoms with Gasteiger partial charge in [0.1, 0.15) is 15.7 Å². The van der Waals surface area contributed by atoms with E-state index in [4.69, 9.17) is 0 Å². The second-order valence-corrected chi connectivity index (χ2v) is 7.68. The maximum absolute atomic E-state index is 13.0. The van der Waals surface area contributed by atoms with Crippen LogP contribution in [0.1, 0.15) is 45.7 Å². The largest absolute Gasteiger partial charge is 0.477 e. The monoisotopic (exact) mass is 399 g/mol. The number of carboxylic acid groups (broad SMARTS) is 1. The number of carbonyl (C=O) groups is 2. The molecule has 0 aliphatic rings. The van der Waals surface area contributed by atoms with E-state index < -0.39 is 17.6 Å². The number of carboxylic acids is 1. The number of rotatable bonds is 5. The van der Waals surface area contributed by atoms with E-state index in [2.05, 4.69) is 10.3 Å². The van der Waals surface area contributed by atoms with Gasteiger partial charge in [-0.25, -0.2) is 9.78 Å². The summed E-state index contributed by atoms with van der Waals surface area (Å²) in [4.78, 5) is 42.0. The Balaban J connectivity index is 2.05. The van der Waals surface area contributed by atoms with Crippen LogP contribution in [0.3, 0.4) is 0 Å². The zero-order valence-electron chi connectivity index (χ0n) is 16.1. The summed E-state index contributed by atoms with van der Waals surface area (Å²) in [6.45, 7) is 7.22. The van der Waals surface area contributed by atoms with Crippen molar-refractivity contribution >= 4 is 39.1 Å².